The number of ketones is 2. The molecule has 0 rings (SSSR count). The molecule has 0 saturated carbocycles. The molecular formula is C18H34N2O8. The minimum absolute atomic E-state index is 0.0519. The number of carboxylic acids is 2. The van der Waals surface area contributed by atoms with Crippen molar-refractivity contribution in [2.24, 2.45) is 0 Å². The molecule has 0 saturated heterocycles. The molecule has 0 unspecified atom stereocenters. The Balaban J connectivity index is 0. The van der Waals surface area contributed by atoms with Crippen LogP contribution in [0.25, 0.3) is 0 Å². The summed E-state index contributed by atoms with van der Waals surface area (Å²) in [5.74, 6) is -3.93. The summed E-state index contributed by atoms with van der Waals surface area (Å²) in [7, 11) is 10.6. The maximum atomic E-state index is 11.1. The molecule has 0 aliphatic heterocycles. The highest BCUT2D eigenvalue weighted by Crippen LogP contribution is 2.16. The Morgan fingerprint density at radius 3 is 1.00 bits per heavy atom. The number of aliphatic carboxylic acids is 2. The summed E-state index contributed by atoms with van der Waals surface area (Å²) in [6.45, 7) is 2.46. The van der Waals surface area contributed by atoms with Gasteiger partial charge in [-0.3, -0.25) is 9.59 Å². The van der Waals surface area contributed by atoms with E-state index in [9.17, 15) is 39.6 Å². The Bertz CT molecular complexity index is 539. The summed E-state index contributed by atoms with van der Waals surface area (Å²) in [6, 6.07) is 0. The average molecular weight is 406 g/mol. The molecule has 0 heterocycles. The predicted molar refractivity (Wildman–Crippen MR) is 96.3 cm³/mol. The summed E-state index contributed by atoms with van der Waals surface area (Å²) < 4.78 is 0.618. The van der Waals surface area contributed by atoms with E-state index < -0.39 is 47.5 Å². The van der Waals surface area contributed by atoms with Gasteiger partial charge >= 0.3 is 0 Å². The molecule has 0 fully saturated rings. The minimum Gasteiger partial charge on any atom is -0.550 e. The number of carbonyl (C=O) groups is 4. The first kappa shape index (κ1) is 28.3. The molecular weight excluding hydrogens is 372 g/mol. The summed E-state index contributed by atoms with van der Waals surface area (Å²) in [4.78, 5) is 43.0. The van der Waals surface area contributed by atoms with Crippen LogP contribution in [0.2, 0.25) is 0 Å². The monoisotopic (exact) mass is 406 g/mol. The zero-order valence-electron chi connectivity index (χ0n) is 18.1. The summed E-state index contributed by atoms with van der Waals surface area (Å²) in [5, 5.41) is 40.4. The number of aliphatic hydroxyl groups is 2. The Morgan fingerprint density at radius 2 is 0.893 bits per heavy atom. The van der Waals surface area contributed by atoms with Crippen molar-refractivity contribution >= 4 is 23.5 Å². The number of hydrogen-bond acceptors (Lipinski definition) is 8. The topological polar surface area (TPSA) is 155 Å². The number of nitrogens with zero attached hydrogens (tertiary/aromatic N) is 2. The van der Waals surface area contributed by atoms with Crippen molar-refractivity contribution in [3.05, 3.63) is 0 Å². The lowest BCUT2D eigenvalue weighted by atomic mass is 9.94. The first-order valence-electron chi connectivity index (χ1n) is 8.61. The van der Waals surface area contributed by atoms with E-state index in [-0.39, 0.29) is 13.1 Å². The number of hydrogen-bond donors (Lipinski definition) is 2. The van der Waals surface area contributed by atoms with Crippen molar-refractivity contribution < 1.29 is 48.6 Å². The Kier molecular flexibility index (Phi) is 10.2. The van der Waals surface area contributed by atoms with Gasteiger partial charge in [-0.1, -0.05) is 0 Å². The van der Waals surface area contributed by atoms with Gasteiger partial charge in [0.05, 0.1) is 42.3 Å². The second kappa shape index (κ2) is 10.1. The van der Waals surface area contributed by atoms with Crippen LogP contribution in [0.3, 0.4) is 0 Å². The molecule has 0 amide bonds. The number of Topliss-reactive ketones (excluding diaryl/α,β-unsaturated/α-hetero) is 2. The van der Waals surface area contributed by atoms with Crippen LogP contribution in [0.1, 0.15) is 26.7 Å². The van der Waals surface area contributed by atoms with E-state index in [0.29, 0.717) is 8.97 Å². The van der Waals surface area contributed by atoms with Crippen LogP contribution in [0.4, 0.5) is 0 Å². The van der Waals surface area contributed by atoms with Crippen LogP contribution in [0, 0.1) is 0 Å². The zero-order chi connectivity index (χ0) is 23.1. The lowest BCUT2D eigenvalue weighted by Crippen LogP contribution is -2.55. The predicted octanol–water partition coefficient (Wildman–Crippen LogP) is -3.69. The van der Waals surface area contributed by atoms with Crippen molar-refractivity contribution in [3.63, 3.8) is 0 Å². The van der Waals surface area contributed by atoms with E-state index >= 15 is 0 Å². The molecule has 2 N–H and O–H groups in total. The Hall–Kier alpha value is -1.88. The number of carbonyl (C=O) groups excluding carboxylic acids is 4. The highest BCUT2D eigenvalue weighted by atomic mass is 16.4. The molecule has 164 valence electrons. The van der Waals surface area contributed by atoms with E-state index in [1.807, 2.05) is 0 Å². The molecule has 10 nitrogen and oxygen atoms in total. The van der Waals surface area contributed by atoms with Gasteiger partial charge in [0.2, 0.25) is 0 Å². The number of carboxylic acid groups (broad SMARTS) is 2. The van der Waals surface area contributed by atoms with Gasteiger partial charge in [0.15, 0.2) is 22.8 Å². The first-order valence-corrected chi connectivity index (χ1v) is 8.61. The van der Waals surface area contributed by atoms with Gasteiger partial charge in [-0.05, 0) is 13.8 Å². The molecule has 0 spiro atoms. The third-order valence-electron chi connectivity index (χ3n) is 3.66. The van der Waals surface area contributed by atoms with Crippen molar-refractivity contribution in [3.8, 4) is 0 Å². The first-order chi connectivity index (χ1) is 12.1. The average Bonchev–Trinajstić information content (AvgIpc) is 2.31. The SMILES string of the molecule is CC(=O)[C@@](O)(CC(=O)[O-])C[N+](C)(C)C.CC(=O)[C@@](O)(CC(=O)[O-])C[N+](C)(C)C. The van der Waals surface area contributed by atoms with E-state index in [4.69, 9.17) is 0 Å². The summed E-state index contributed by atoms with van der Waals surface area (Å²) in [5.41, 5.74) is -3.64. The Labute approximate surface area is 166 Å². The Morgan fingerprint density at radius 1 is 0.679 bits per heavy atom. The summed E-state index contributed by atoms with van der Waals surface area (Å²) >= 11 is 0. The molecule has 0 aliphatic carbocycles. The van der Waals surface area contributed by atoms with E-state index in [1.165, 1.54) is 13.8 Å². The fourth-order valence-corrected chi connectivity index (χ4v) is 2.63. The van der Waals surface area contributed by atoms with Gasteiger partial charge in [-0.2, -0.15) is 0 Å². The maximum absolute atomic E-state index is 11.1. The molecule has 28 heavy (non-hydrogen) atoms. The number of quaternary nitrogens is 2. The summed E-state index contributed by atoms with van der Waals surface area (Å²) in [6.07, 6.45) is -1.31. The molecule has 0 bridgehead atoms. The minimum atomic E-state index is -1.82. The van der Waals surface area contributed by atoms with Gasteiger partial charge in [0, 0.05) is 24.8 Å². The molecule has 10 heteroatoms. The van der Waals surface area contributed by atoms with Crippen molar-refractivity contribution in [1.29, 1.82) is 0 Å². The van der Waals surface area contributed by atoms with Crippen LogP contribution in [0.15, 0.2) is 0 Å². The zero-order valence-corrected chi connectivity index (χ0v) is 18.1. The van der Waals surface area contributed by atoms with E-state index in [1.54, 1.807) is 42.3 Å². The van der Waals surface area contributed by atoms with E-state index in [0.717, 1.165) is 0 Å². The second-order valence-electron chi connectivity index (χ2n) is 9.17. The van der Waals surface area contributed by atoms with Crippen LogP contribution >= 0.6 is 0 Å². The molecule has 0 radical (unpaired) electrons. The quantitative estimate of drug-likeness (QED) is 0.351. The van der Waals surface area contributed by atoms with E-state index in [2.05, 4.69) is 0 Å². The van der Waals surface area contributed by atoms with Crippen LogP contribution < -0.4 is 10.2 Å². The number of likely N-dealkylation sites (N-methyl/N-ethyl adjacent to an activating group) is 2. The van der Waals surface area contributed by atoms with Crippen molar-refractivity contribution in [2.45, 2.75) is 37.9 Å². The highest BCUT2D eigenvalue weighted by molar-refractivity contribution is 5.89. The molecule has 0 aromatic rings. The fraction of sp³-hybridized carbons (Fsp3) is 0.778. The van der Waals surface area contributed by atoms with Crippen molar-refractivity contribution in [1.82, 2.24) is 0 Å². The van der Waals surface area contributed by atoms with Crippen LogP contribution in [-0.2, 0) is 19.2 Å². The van der Waals surface area contributed by atoms with Crippen LogP contribution in [0.5, 0.6) is 0 Å². The molecule has 0 aliphatic rings. The van der Waals surface area contributed by atoms with Crippen LogP contribution in [-0.4, -0.2) is 109 Å². The highest BCUT2D eigenvalue weighted by Gasteiger charge is 2.39. The molecule has 0 aromatic heterocycles. The van der Waals surface area contributed by atoms with Gasteiger partial charge in [-0.15, -0.1) is 0 Å². The smallest absolute Gasteiger partial charge is 0.176 e. The maximum Gasteiger partial charge on any atom is 0.176 e. The lowest BCUT2D eigenvalue weighted by molar-refractivity contribution is -0.875. The largest absolute Gasteiger partial charge is 0.550 e. The molecule has 0 aromatic carbocycles. The second-order valence-corrected chi connectivity index (χ2v) is 9.17. The normalized spacial score (nSPS) is 16.1. The lowest BCUT2D eigenvalue weighted by Gasteiger charge is -2.34. The third-order valence-corrected chi connectivity index (χ3v) is 3.66. The standard InChI is InChI=1S/2C9H17NO4/c2*1-7(11)9(14,5-8(12)13)6-10(2,3)4/h2*14H,5-6H2,1-4H3/t2*9-/m11/s1. The van der Waals surface area contributed by atoms with Gasteiger partial charge in [0.1, 0.15) is 13.1 Å². The van der Waals surface area contributed by atoms with Gasteiger partial charge in [0.25, 0.3) is 0 Å². The van der Waals surface area contributed by atoms with Gasteiger partial charge in [-0.25, -0.2) is 0 Å². The molecule has 2 atom stereocenters. The third kappa shape index (κ3) is 12.5. The number of rotatable bonds is 10. The van der Waals surface area contributed by atoms with Gasteiger partial charge < -0.3 is 39.0 Å². The fourth-order valence-electron chi connectivity index (χ4n) is 2.63. The van der Waals surface area contributed by atoms with Crippen molar-refractivity contribution in [2.75, 3.05) is 55.4 Å².